The summed E-state index contributed by atoms with van der Waals surface area (Å²) in [6.07, 6.45) is 12.1. The van der Waals surface area contributed by atoms with E-state index in [-0.39, 0.29) is 24.9 Å². The van der Waals surface area contributed by atoms with Gasteiger partial charge < -0.3 is 52.1 Å². The molecule has 1 heterocycles. The second-order valence-electron chi connectivity index (χ2n) is 11.6. The van der Waals surface area contributed by atoms with Crippen LogP contribution < -0.4 is 17.7 Å². The molecule has 0 aromatic rings. The average Bonchev–Trinajstić information content (AvgIpc) is 2.89. The fourth-order valence-electron chi connectivity index (χ4n) is 4.86. The predicted octanol–water partition coefficient (Wildman–Crippen LogP) is -0.129. The lowest BCUT2D eigenvalue weighted by molar-refractivity contribution is -0.891. The molecule has 9 nitrogen and oxygen atoms in total. The van der Waals surface area contributed by atoms with Crippen molar-refractivity contribution in [1.29, 1.82) is 0 Å². The Morgan fingerprint density at radius 1 is 0.795 bits per heavy atom. The van der Waals surface area contributed by atoms with Gasteiger partial charge in [-0.15, -0.1) is 0 Å². The molecule has 0 radical (unpaired) electrons. The summed E-state index contributed by atoms with van der Waals surface area (Å²) in [5, 5.41) is 42.1. The van der Waals surface area contributed by atoms with Crippen LogP contribution in [-0.4, -0.2) is 108 Å². The molecule has 0 aliphatic carbocycles. The number of halogens is 1. The molecule has 1 rings (SSSR count). The number of carbonyl (C=O) groups is 1. The van der Waals surface area contributed by atoms with Crippen LogP contribution >= 0.6 is 0 Å². The molecule has 1 saturated heterocycles. The van der Waals surface area contributed by atoms with Gasteiger partial charge in [-0.1, -0.05) is 84.0 Å². The highest BCUT2D eigenvalue weighted by atomic mass is 35.5. The van der Waals surface area contributed by atoms with Crippen LogP contribution in [0.4, 0.5) is 0 Å². The number of quaternary nitrogens is 1. The van der Waals surface area contributed by atoms with E-state index in [1.165, 1.54) is 70.6 Å². The molecule has 10 heteroatoms. The molecule has 1 amide bonds. The van der Waals surface area contributed by atoms with E-state index in [0.717, 1.165) is 25.8 Å². The summed E-state index contributed by atoms with van der Waals surface area (Å²) < 4.78 is 11.6. The van der Waals surface area contributed by atoms with Gasteiger partial charge in [0.05, 0.1) is 33.9 Å². The molecule has 5 atom stereocenters. The van der Waals surface area contributed by atoms with Crippen LogP contribution in [0, 0.1) is 0 Å². The minimum absolute atomic E-state index is 0. The normalized spacial score (nSPS) is 23.4. The molecular formula is C29H59ClN2O7. The first-order valence-electron chi connectivity index (χ1n) is 15.2. The van der Waals surface area contributed by atoms with E-state index in [1.54, 1.807) is 0 Å². The second-order valence-corrected chi connectivity index (χ2v) is 11.6. The summed E-state index contributed by atoms with van der Waals surface area (Å²) in [5.41, 5.74) is 0. The van der Waals surface area contributed by atoms with Gasteiger partial charge in [0.1, 0.15) is 31.0 Å². The fourth-order valence-corrected chi connectivity index (χ4v) is 4.86. The average molecular weight is 583 g/mol. The van der Waals surface area contributed by atoms with Crippen LogP contribution in [0.5, 0.6) is 0 Å². The summed E-state index contributed by atoms with van der Waals surface area (Å²) >= 11 is 0. The van der Waals surface area contributed by atoms with Gasteiger partial charge in [0.2, 0.25) is 5.91 Å². The van der Waals surface area contributed by atoms with Gasteiger partial charge in [0.15, 0.2) is 6.29 Å². The van der Waals surface area contributed by atoms with Gasteiger partial charge in [-0.25, -0.2) is 0 Å². The van der Waals surface area contributed by atoms with E-state index in [2.05, 4.69) is 26.3 Å². The third kappa shape index (κ3) is 17.8. The Hall–Kier alpha value is -0.520. The molecule has 5 N–H and O–H groups in total. The first-order chi connectivity index (χ1) is 18.2. The topological polar surface area (TPSA) is 128 Å². The van der Waals surface area contributed by atoms with E-state index in [9.17, 15) is 25.2 Å². The van der Waals surface area contributed by atoms with Crippen molar-refractivity contribution in [2.24, 2.45) is 0 Å². The number of ether oxygens (including phenoxy) is 2. The second kappa shape index (κ2) is 23.1. The highest BCUT2D eigenvalue weighted by Crippen LogP contribution is 2.22. The number of nitrogens with one attached hydrogen (secondary N) is 1. The number of rotatable bonds is 23. The lowest BCUT2D eigenvalue weighted by Gasteiger charge is -2.40. The third-order valence-electron chi connectivity index (χ3n) is 7.60. The van der Waals surface area contributed by atoms with Gasteiger partial charge in [-0.2, -0.15) is 0 Å². The minimum atomic E-state index is -1.43. The molecule has 5 unspecified atom stereocenters. The maximum atomic E-state index is 12.1. The monoisotopic (exact) mass is 582 g/mol. The van der Waals surface area contributed by atoms with Crippen molar-refractivity contribution >= 4 is 5.91 Å². The molecule has 1 fully saturated rings. The van der Waals surface area contributed by atoms with E-state index in [0.29, 0.717) is 24.0 Å². The number of likely N-dealkylation sites (N-methyl/N-ethyl adjacent to an activating group) is 1. The fraction of sp³-hybridized carbons (Fsp3) is 0.966. The number of nitrogens with zero attached hydrogens (tertiary/aromatic N) is 1. The van der Waals surface area contributed by atoms with Gasteiger partial charge in [0, 0.05) is 19.4 Å². The third-order valence-corrected chi connectivity index (χ3v) is 7.60. The molecule has 0 bridgehead atoms. The predicted molar refractivity (Wildman–Crippen MR) is 150 cm³/mol. The summed E-state index contributed by atoms with van der Waals surface area (Å²) in [6.45, 7) is 4.19. The lowest BCUT2D eigenvalue weighted by Crippen LogP contribution is -3.00. The van der Waals surface area contributed by atoms with Crippen LogP contribution in [0.1, 0.15) is 103 Å². The van der Waals surface area contributed by atoms with Crippen molar-refractivity contribution < 1.29 is 51.6 Å². The largest absolute Gasteiger partial charge is 1.00 e. The van der Waals surface area contributed by atoms with E-state index in [1.807, 2.05) is 0 Å². The van der Waals surface area contributed by atoms with Crippen LogP contribution in [0.15, 0.2) is 0 Å². The molecule has 39 heavy (non-hydrogen) atoms. The smallest absolute Gasteiger partial charge is 0.219 e. The Kier molecular flexibility index (Phi) is 22.8. The van der Waals surface area contributed by atoms with Crippen molar-refractivity contribution in [3.05, 3.63) is 0 Å². The number of aliphatic hydroxyl groups excluding tert-OH is 4. The number of carbonyl (C=O) groups excluding carboxylic acids is 1. The first-order valence-corrected chi connectivity index (χ1v) is 15.2. The molecule has 234 valence electrons. The van der Waals surface area contributed by atoms with Crippen molar-refractivity contribution in [2.45, 2.75) is 134 Å². The number of amides is 1. The van der Waals surface area contributed by atoms with Gasteiger partial charge in [-0.05, 0) is 6.42 Å². The SMILES string of the molecule is CCCCCCCCCCCCCCCC(=O)NCCC[N+](C)(C)CCOC1OC(CO)C(O)C(O)C1O.[Cl-]. The van der Waals surface area contributed by atoms with E-state index >= 15 is 0 Å². The maximum absolute atomic E-state index is 12.1. The van der Waals surface area contributed by atoms with E-state index < -0.39 is 37.3 Å². The number of hydrogen-bond donors (Lipinski definition) is 5. The van der Waals surface area contributed by atoms with Crippen molar-refractivity contribution in [3.63, 3.8) is 0 Å². The lowest BCUT2D eigenvalue weighted by atomic mass is 9.99. The molecule has 0 saturated carbocycles. The van der Waals surface area contributed by atoms with E-state index in [4.69, 9.17) is 9.47 Å². The minimum Gasteiger partial charge on any atom is -1.00 e. The van der Waals surface area contributed by atoms with Crippen LogP contribution in [0.2, 0.25) is 0 Å². The molecule has 1 aliphatic rings. The van der Waals surface area contributed by atoms with Crippen LogP contribution in [0.3, 0.4) is 0 Å². The molecule has 0 aromatic heterocycles. The highest BCUT2D eigenvalue weighted by molar-refractivity contribution is 5.75. The van der Waals surface area contributed by atoms with Gasteiger partial charge in [-0.3, -0.25) is 4.79 Å². The number of unbranched alkanes of at least 4 members (excludes halogenated alkanes) is 12. The zero-order chi connectivity index (χ0) is 28.2. The zero-order valence-electron chi connectivity index (χ0n) is 24.9. The Balaban J connectivity index is 0.0000144. The highest BCUT2D eigenvalue weighted by Gasteiger charge is 2.44. The van der Waals surface area contributed by atoms with Crippen LogP contribution in [-0.2, 0) is 14.3 Å². The van der Waals surface area contributed by atoms with Crippen molar-refractivity contribution in [1.82, 2.24) is 5.32 Å². The Bertz CT molecular complexity index is 598. The summed E-state index contributed by atoms with van der Waals surface area (Å²) in [7, 11) is 4.12. The molecular weight excluding hydrogens is 524 g/mol. The summed E-state index contributed by atoms with van der Waals surface area (Å²) in [4.78, 5) is 12.1. The Morgan fingerprint density at radius 2 is 1.33 bits per heavy atom. The Morgan fingerprint density at radius 3 is 1.87 bits per heavy atom. The van der Waals surface area contributed by atoms with Crippen LogP contribution in [0.25, 0.3) is 0 Å². The van der Waals surface area contributed by atoms with Crippen molar-refractivity contribution in [3.8, 4) is 0 Å². The molecule has 0 aromatic carbocycles. The van der Waals surface area contributed by atoms with Crippen molar-refractivity contribution in [2.75, 3.05) is 46.9 Å². The molecule has 1 aliphatic heterocycles. The summed E-state index contributed by atoms with van der Waals surface area (Å²) in [5.74, 6) is 0.129. The quantitative estimate of drug-likeness (QED) is 0.0839. The standard InChI is InChI=1S/C29H58N2O7.ClH/c1-4-5-6-7-8-9-10-11-12-13-14-15-16-18-25(33)30-19-17-20-31(2,3)21-22-37-29-28(36)27(35)26(34)24(23-32)38-29;/h24,26-29,32,34-36H,4-23H2,1-3H3;1H. The Labute approximate surface area is 243 Å². The zero-order valence-corrected chi connectivity index (χ0v) is 25.6. The molecule has 0 spiro atoms. The number of hydrogen-bond acceptors (Lipinski definition) is 7. The summed E-state index contributed by atoms with van der Waals surface area (Å²) in [6, 6.07) is 0. The van der Waals surface area contributed by atoms with Gasteiger partial charge in [0.25, 0.3) is 0 Å². The first kappa shape index (κ1) is 38.5. The number of aliphatic hydroxyl groups is 4. The van der Waals surface area contributed by atoms with Gasteiger partial charge >= 0.3 is 0 Å². The maximum Gasteiger partial charge on any atom is 0.219 e.